The van der Waals surface area contributed by atoms with Crippen LogP contribution in [-0.2, 0) is 12.3 Å². The second-order valence-electron chi connectivity index (χ2n) is 3.47. The van der Waals surface area contributed by atoms with Gasteiger partial charge in [-0.3, -0.25) is 0 Å². The monoisotopic (exact) mass is 228 g/mol. The Morgan fingerprint density at radius 3 is 2.87 bits per heavy atom. The maximum absolute atomic E-state index is 5.62. The average molecular weight is 228 g/mol. The molecular formula is C11H20N2OS. The Labute approximate surface area is 95.8 Å². The zero-order valence-corrected chi connectivity index (χ0v) is 10.1. The summed E-state index contributed by atoms with van der Waals surface area (Å²) < 4.78 is 5.62. The van der Waals surface area contributed by atoms with Crippen molar-refractivity contribution in [1.82, 2.24) is 5.32 Å². The number of nitrogens with one attached hydrogen (secondary N) is 1. The van der Waals surface area contributed by atoms with Gasteiger partial charge >= 0.3 is 0 Å². The summed E-state index contributed by atoms with van der Waals surface area (Å²) in [4.78, 5) is 0. The highest BCUT2D eigenvalue weighted by Gasteiger charge is 2.00. The molecule has 1 heterocycles. The molecule has 86 valence electrons. The van der Waals surface area contributed by atoms with Gasteiger partial charge in [0.05, 0.1) is 12.3 Å². The summed E-state index contributed by atoms with van der Waals surface area (Å²) in [7, 11) is 0. The summed E-state index contributed by atoms with van der Waals surface area (Å²) in [5.74, 6) is 3.03. The first-order valence-electron chi connectivity index (χ1n) is 5.34. The molecule has 0 fully saturated rings. The minimum absolute atomic E-state index is 0.778. The molecule has 1 rings (SSSR count). The Kier molecular flexibility index (Phi) is 6.55. The predicted molar refractivity (Wildman–Crippen MR) is 65.9 cm³/mol. The Hall–Kier alpha value is -0.450. The molecule has 4 heteroatoms. The Morgan fingerprint density at radius 2 is 2.13 bits per heavy atom. The normalized spacial score (nSPS) is 10.8. The lowest BCUT2D eigenvalue weighted by Gasteiger charge is -2.01. The van der Waals surface area contributed by atoms with E-state index in [2.05, 4.69) is 11.6 Å². The fourth-order valence-corrected chi connectivity index (χ4v) is 1.78. The van der Waals surface area contributed by atoms with E-state index in [4.69, 9.17) is 10.2 Å². The third kappa shape index (κ3) is 5.25. The minimum atomic E-state index is 0.778. The van der Waals surface area contributed by atoms with Gasteiger partial charge in [-0.1, -0.05) is 0 Å². The topological polar surface area (TPSA) is 51.2 Å². The van der Waals surface area contributed by atoms with Crippen LogP contribution in [0.1, 0.15) is 24.4 Å². The van der Waals surface area contributed by atoms with Crippen molar-refractivity contribution in [3.8, 4) is 0 Å². The van der Waals surface area contributed by atoms with Crippen LogP contribution in [0.3, 0.4) is 0 Å². The van der Waals surface area contributed by atoms with Crippen molar-refractivity contribution in [3.05, 3.63) is 23.7 Å². The highest BCUT2D eigenvalue weighted by atomic mass is 32.2. The molecule has 0 aliphatic rings. The molecule has 3 N–H and O–H groups in total. The van der Waals surface area contributed by atoms with Crippen LogP contribution < -0.4 is 11.1 Å². The van der Waals surface area contributed by atoms with Gasteiger partial charge in [0.25, 0.3) is 0 Å². The average Bonchev–Trinajstić information content (AvgIpc) is 2.66. The van der Waals surface area contributed by atoms with E-state index in [0.29, 0.717) is 0 Å². The Bertz CT molecular complexity index is 263. The highest BCUT2D eigenvalue weighted by molar-refractivity contribution is 7.97. The van der Waals surface area contributed by atoms with Gasteiger partial charge in [-0.15, -0.1) is 0 Å². The smallest absolute Gasteiger partial charge is 0.117 e. The molecule has 3 nitrogen and oxygen atoms in total. The van der Waals surface area contributed by atoms with E-state index < -0.39 is 0 Å². The van der Waals surface area contributed by atoms with Gasteiger partial charge in [-0.25, -0.2) is 0 Å². The molecule has 0 aliphatic heterocycles. The van der Waals surface area contributed by atoms with Crippen molar-refractivity contribution in [2.75, 3.05) is 19.3 Å². The van der Waals surface area contributed by atoms with E-state index in [1.165, 1.54) is 0 Å². The molecule has 0 atom stereocenters. The molecule has 15 heavy (non-hydrogen) atoms. The molecule has 0 amide bonds. The van der Waals surface area contributed by atoms with Crippen LogP contribution in [0.15, 0.2) is 16.5 Å². The van der Waals surface area contributed by atoms with E-state index in [0.717, 1.165) is 49.7 Å². The SMILES string of the molecule is CSCc1ccc(CNCCCCN)o1. The fourth-order valence-electron chi connectivity index (χ4n) is 1.34. The molecule has 0 bridgehead atoms. The van der Waals surface area contributed by atoms with Crippen molar-refractivity contribution in [1.29, 1.82) is 0 Å². The van der Waals surface area contributed by atoms with Crippen molar-refractivity contribution in [3.63, 3.8) is 0 Å². The molecule has 1 aromatic rings. The third-order valence-corrected chi connectivity index (χ3v) is 2.68. The number of hydrogen-bond donors (Lipinski definition) is 2. The van der Waals surface area contributed by atoms with E-state index in [1.54, 1.807) is 11.8 Å². The van der Waals surface area contributed by atoms with Gasteiger partial charge < -0.3 is 15.5 Å². The van der Waals surface area contributed by atoms with Crippen molar-refractivity contribution < 1.29 is 4.42 Å². The standard InChI is InChI=1S/C11H20N2OS/c1-15-9-11-5-4-10(14-11)8-13-7-3-2-6-12/h4-5,13H,2-3,6-9,12H2,1H3. The predicted octanol–water partition coefficient (Wildman–Crippen LogP) is 1.97. The van der Waals surface area contributed by atoms with Gasteiger partial charge in [-0.2, -0.15) is 11.8 Å². The van der Waals surface area contributed by atoms with Gasteiger partial charge in [0.2, 0.25) is 0 Å². The van der Waals surface area contributed by atoms with E-state index in [-0.39, 0.29) is 0 Å². The maximum atomic E-state index is 5.62. The van der Waals surface area contributed by atoms with Crippen LogP contribution in [0.4, 0.5) is 0 Å². The number of unbranched alkanes of at least 4 members (excludes halogenated alkanes) is 1. The summed E-state index contributed by atoms with van der Waals surface area (Å²) in [6.07, 6.45) is 4.30. The van der Waals surface area contributed by atoms with Crippen LogP contribution in [0.25, 0.3) is 0 Å². The second-order valence-corrected chi connectivity index (χ2v) is 4.34. The van der Waals surface area contributed by atoms with Gasteiger partial charge in [0, 0.05) is 0 Å². The van der Waals surface area contributed by atoms with E-state index in [1.807, 2.05) is 12.1 Å². The fraction of sp³-hybridized carbons (Fsp3) is 0.636. The van der Waals surface area contributed by atoms with Crippen molar-refractivity contribution in [2.45, 2.75) is 25.1 Å². The quantitative estimate of drug-likeness (QED) is 0.668. The zero-order valence-electron chi connectivity index (χ0n) is 9.29. The van der Waals surface area contributed by atoms with Gasteiger partial charge in [-0.05, 0) is 44.3 Å². The molecule has 0 spiro atoms. The van der Waals surface area contributed by atoms with Gasteiger partial charge in [0.1, 0.15) is 11.5 Å². The maximum Gasteiger partial charge on any atom is 0.117 e. The third-order valence-electron chi connectivity index (χ3n) is 2.11. The second kappa shape index (κ2) is 7.79. The zero-order chi connectivity index (χ0) is 10.9. The molecule has 0 saturated carbocycles. The summed E-state index contributed by atoms with van der Waals surface area (Å²) in [5.41, 5.74) is 5.41. The molecule has 0 saturated heterocycles. The number of hydrogen-bond acceptors (Lipinski definition) is 4. The molecule has 1 aromatic heterocycles. The molecule has 0 radical (unpaired) electrons. The van der Waals surface area contributed by atoms with Crippen LogP contribution in [-0.4, -0.2) is 19.3 Å². The summed E-state index contributed by atoms with van der Waals surface area (Å²) in [6, 6.07) is 4.09. The lowest BCUT2D eigenvalue weighted by atomic mass is 10.3. The highest BCUT2D eigenvalue weighted by Crippen LogP contribution is 2.13. The first-order valence-corrected chi connectivity index (χ1v) is 6.73. The molecule has 0 aromatic carbocycles. The van der Waals surface area contributed by atoms with Crippen LogP contribution in [0.5, 0.6) is 0 Å². The van der Waals surface area contributed by atoms with E-state index >= 15 is 0 Å². The summed E-state index contributed by atoms with van der Waals surface area (Å²) >= 11 is 1.77. The minimum Gasteiger partial charge on any atom is -0.464 e. The number of thioether (sulfide) groups is 1. The van der Waals surface area contributed by atoms with Crippen molar-refractivity contribution >= 4 is 11.8 Å². The van der Waals surface area contributed by atoms with Crippen LogP contribution >= 0.6 is 11.8 Å². The number of furan rings is 1. The Morgan fingerprint density at radius 1 is 1.33 bits per heavy atom. The van der Waals surface area contributed by atoms with Crippen LogP contribution in [0.2, 0.25) is 0 Å². The number of nitrogens with two attached hydrogens (primary N) is 1. The number of rotatable bonds is 8. The molecule has 0 aliphatic carbocycles. The molecule has 0 unspecified atom stereocenters. The lowest BCUT2D eigenvalue weighted by molar-refractivity contribution is 0.457. The largest absolute Gasteiger partial charge is 0.464 e. The molecular weight excluding hydrogens is 208 g/mol. The summed E-state index contributed by atoms with van der Waals surface area (Å²) in [5, 5.41) is 3.34. The summed E-state index contributed by atoms with van der Waals surface area (Å²) in [6.45, 7) is 2.61. The first kappa shape index (κ1) is 12.6. The van der Waals surface area contributed by atoms with Crippen molar-refractivity contribution in [2.24, 2.45) is 5.73 Å². The van der Waals surface area contributed by atoms with E-state index in [9.17, 15) is 0 Å². The van der Waals surface area contributed by atoms with Crippen LogP contribution in [0, 0.1) is 0 Å². The first-order chi connectivity index (χ1) is 7.36. The van der Waals surface area contributed by atoms with Gasteiger partial charge in [0.15, 0.2) is 0 Å². The lowest BCUT2D eigenvalue weighted by Crippen LogP contribution is -2.15. The Balaban J connectivity index is 2.14.